The first-order valence-corrected chi connectivity index (χ1v) is 11.1. The minimum Gasteiger partial charge on any atom is -0.349 e. The van der Waals surface area contributed by atoms with E-state index in [2.05, 4.69) is 37.7 Å². The van der Waals surface area contributed by atoms with Gasteiger partial charge in [0.15, 0.2) is 0 Å². The van der Waals surface area contributed by atoms with E-state index in [0.717, 1.165) is 0 Å². The number of halogens is 1. The Morgan fingerprint density at radius 2 is 1.54 bits per heavy atom. The molecular formula is C21H27ClN2O3S. The average Bonchev–Trinajstić information content (AvgIpc) is 2.60. The van der Waals surface area contributed by atoms with Crippen molar-refractivity contribution in [1.82, 2.24) is 5.32 Å². The van der Waals surface area contributed by atoms with Crippen LogP contribution in [-0.4, -0.2) is 20.4 Å². The van der Waals surface area contributed by atoms with E-state index in [4.69, 9.17) is 11.6 Å². The summed E-state index contributed by atoms with van der Waals surface area (Å²) in [5.41, 5.74) is 1.59. The summed E-state index contributed by atoms with van der Waals surface area (Å²) in [5.74, 6) is 0.466. The van der Waals surface area contributed by atoms with Crippen LogP contribution in [0.1, 0.15) is 43.6 Å². The van der Waals surface area contributed by atoms with Crippen LogP contribution in [0.2, 0.25) is 5.02 Å². The number of hydrogen-bond donors (Lipinski definition) is 2. The molecule has 0 atom stereocenters. The fraction of sp³-hybridized carbons (Fsp3) is 0.381. The van der Waals surface area contributed by atoms with E-state index in [1.807, 2.05) is 0 Å². The normalized spacial score (nSPS) is 11.9. The van der Waals surface area contributed by atoms with Crippen molar-refractivity contribution in [2.24, 2.45) is 11.8 Å². The predicted molar refractivity (Wildman–Crippen MR) is 114 cm³/mol. The first-order chi connectivity index (χ1) is 13.0. The average molecular weight is 423 g/mol. The maximum atomic E-state index is 12.6. The van der Waals surface area contributed by atoms with Gasteiger partial charge in [-0.2, -0.15) is 0 Å². The maximum absolute atomic E-state index is 12.6. The van der Waals surface area contributed by atoms with Gasteiger partial charge < -0.3 is 5.32 Å². The summed E-state index contributed by atoms with van der Waals surface area (Å²) in [6, 6.07) is 10.9. The van der Waals surface area contributed by atoms with Gasteiger partial charge in [-0.05, 0) is 66.8 Å². The van der Waals surface area contributed by atoms with Crippen molar-refractivity contribution in [3.8, 4) is 0 Å². The van der Waals surface area contributed by atoms with Crippen molar-refractivity contribution in [2.75, 3.05) is 4.72 Å². The molecule has 0 radical (unpaired) electrons. The first-order valence-electron chi connectivity index (χ1n) is 9.21. The van der Waals surface area contributed by atoms with Gasteiger partial charge in [0.2, 0.25) is 0 Å². The Hall–Kier alpha value is -2.05. The third-order valence-corrected chi connectivity index (χ3v) is 6.22. The highest BCUT2D eigenvalue weighted by atomic mass is 35.5. The van der Waals surface area contributed by atoms with Crippen molar-refractivity contribution in [2.45, 2.75) is 45.6 Å². The van der Waals surface area contributed by atoms with E-state index >= 15 is 0 Å². The van der Waals surface area contributed by atoms with Gasteiger partial charge in [0.1, 0.15) is 0 Å². The second kappa shape index (κ2) is 8.97. The SMILES string of the molecule is Cc1cc(C(=O)NC(C(C)C)C(C)C)ccc1NS(=O)(=O)c1ccc(Cl)cc1. The number of anilines is 1. The van der Waals surface area contributed by atoms with Crippen molar-refractivity contribution in [3.05, 3.63) is 58.6 Å². The summed E-state index contributed by atoms with van der Waals surface area (Å²) in [6.07, 6.45) is 0. The van der Waals surface area contributed by atoms with E-state index in [1.165, 1.54) is 24.3 Å². The molecule has 5 nitrogen and oxygen atoms in total. The number of sulfonamides is 1. The molecule has 2 aromatic rings. The molecule has 28 heavy (non-hydrogen) atoms. The fourth-order valence-electron chi connectivity index (χ4n) is 3.07. The maximum Gasteiger partial charge on any atom is 0.261 e. The van der Waals surface area contributed by atoms with Gasteiger partial charge in [0, 0.05) is 16.6 Å². The van der Waals surface area contributed by atoms with Gasteiger partial charge in [-0.1, -0.05) is 39.3 Å². The minimum absolute atomic E-state index is 0.0656. The Bertz CT molecular complexity index is 931. The Labute approximate surface area is 172 Å². The summed E-state index contributed by atoms with van der Waals surface area (Å²) in [4.78, 5) is 12.7. The summed E-state index contributed by atoms with van der Waals surface area (Å²) < 4.78 is 27.7. The van der Waals surface area contributed by atoms with E-state index < -0.39 is 10.0 Å². The largest absolute Gasteiger partial charge is 0.349 e. The van der Waals surface area contributed by atoms with Gasteiger partial charge in [-0.15, -0.1) is 0 Å². The smallest absolute Gasteiger partial charge is 0.261 e. The predicted octanol–water partition coefficient (Wildman–Crippen LogP) is 4.86. The molecule has 0 saturated heterocycles. The first kappa shape index (κ1) is 22.2. The number of carbonyl (C=O) groups is 1. The van der Waals surface area contributed by atoms with E-state index in [1.54, 1.807) is 25.1 Å². The molecule has 0 aromatic heterocycles. The van der Waals surface area contributed by atoms with Crippen LogP contribution < -0.4 is 10.0 Å². The van der Waals surface area contributed by atoms with Gasteiger partial charge >= 0.3 is 0 Å². The second-order valence-electron chi connectivity index (χ2n) is 7.58. The van der Waals surface area contributed by atoms with Crippen LogP contribution in [0.5, 0.6) is 0 Å². The van der Waals surface area contributed by atoms with Crippen molar-refractivity contribution in [1.29, 1.82) is 0 Å². The zero-order valence-corrected chi connectivity index (χ0v) is 18.4. The molecule has 0 aliphatic carbocycles. The van der Waals surface area contributed by atoms with Crippen LogP contribution in [0.25, 0.3) is 0 Å². The highest BCUT2D eigenvalue weighted by molar-refractivity contribution is 7.92. The lowest BCUT2D eigenvalue weighted by atomic mass is 9.93. The molecule has 1 amide bonds. The Balaban J connectivity index is 2.20. The van der Waals surface area contributed by atoms with Gasteiger partial charge in [-0.3, -0.25) is 9.52 Å². The number of aryl methyl sites for hydroxylation is 1. The molecule has 0 aliphatic heterocycles. The zero-order chi connectivity index (χ0) is 21.1. The quantitative estimate of drug-likeness (QED) is 0.669. The summed E-state index contributed by atoms with van der Waals surface area (Å²) in [6.45, 7) is 10.1. The van der Waals surface area contributed by atoms with Crippen molar-refractivity contribution in [3.63, 3.8) is 0 Å². The molecule has 0 bridgehead atoms. The molecule has 2 rings (SSSR count). The molecule has 2 aromatic carbocycles. The number of carbonyl (C=O) groups excluding carboxylic acids is 1. The van der Waals surface area contributed by atoms with Crippen LogP contribution in [0.3, 0.4) is 0 Å². The van der Waals surface area contributed by atoms with Gasteiger partial charge in [0.25, 0.3) is 15.9 Å². The van der Waals surface area contributed by atoms with Crippen LogP contribution >= 0.6 is 11.6 Å². The molecule has 0 fully saturated rings. The van der Waals surface area contributed by atoms with Crippen LogP contribution in [0, 0.1) is 18.8 Å². The lowest BCUT2D eigenvalue weighted by molar-refractivity contribution is 0.0910. The number of amides is 1. The van der Waals surface area contributed by atoms with Crippen molar-refractivity contribution >= 4 is 33.2 Å². The molecule has 0 saturated carbocycles. The standard InChI is InChI=1S/C21H27ClN2O3S/c1-13(2)20(14(3)4)23-21(25)16-6-11-19(15(5)12-16)24-28(26,27)18-9-7-17(22)8-10-18/h6-14,20,24H,1-5H3,(H,23,25). The summed E-state index contributed by atoms with van der Waals surface area (Å²) in [5, 5.41) is 3.53. The number of nitrogens with one attached hydrogen (secondary N) is 2. The van der Waals surface area contributed by atoms with E-state index in [9.17, 15) is 13.2 Å². The van der Waals surface area contributed by atoms with Crippen LogP contribution in [-0.2, 0) is 10.0 Å². The monoisotopic (exact) mass is 422 g/mol. The number of hydrogen-bond acceptors (Lipinski definition) is 3. The zero-order valence-electron chi connectivity index (χ0n) is 16.8. The number of benzene rings is 2. The highest BCUT2D eigenvalue weighted by Crippen LogP contribution is 2.22. The van der Waals surface area contributed by atoms with Crippen LogP contribution in [0.4, 0.5) is 5.69 Å². The molecule has 2 N–H and O–H groups in total. The Morgan fingerprint density at radius 1 is 0.964 bits per heavy atom. The third kappa shape index (κ3) is 5.49. The van der Waals surface area contributed by atoms with E-state index in [0.29, 0.717) is 33.7 Å². The third-order valence-electron chi connectivity index (χ3n) is 4.59. The topological polar surface area (TPSA) is 75.3 Å². The molecule has 0 aliphatic rings. The van der Waals surface area contributed by atoms with Crippen molar-refractivity contribution < 1.29 is 13.2 Å². The summed E-state index contributed by atoms with van der Waals surface area (Å²) >= 11 is 5.82. The summed E-state index contributed by atoms with van der Waals surface area (Å²) in [7, 11) is -3.74. The molecule has 0 unspecified atom stereocenters. The molecular weight excluding hydrogens is 396 g/mol. The molecule has 7 heteroatoms. The lowest BCUT2D eigenvalue weighted by Gasteiger charge is -2.26. The lowest BCUT2D eigenvalue weighted by Crippen LogP contribution is -2.42. The Morgan fingerprint density at radius 3 is 2.04 bits per heavy atom. The van der Waals surface area contributed by atoms with Gasteiger partial charge in [0.05, 0.1) is 10.6 Å². The van der Waals surface area contributed by atoms with Crippen LogP contribution in [0.15, 0.2) is 47.4 Å². The Kier molecular flexibility index (Phi) is 7.12. The molecule has 152 valence electrons. The molecule has 0 spiro atoms. The fourth-order valence-corrected chi connectivity index (χ4v) is 4.33. The number of rotatable bonds is 7. The second-order valence-corrected chi connectivity index (χ2v) is 9.70. The van der Waals surface area contributed by atoms with Gasteiger partial charge in [-0.25, -0.2) is 8.42 Å². The minimum atomic E-state index is -3.74. The molecule has 0 heterocycles. The highest BCUT2D eigenvalue weighted by Gasteiger charge is 2.21. The van der Waals surface area contributed by atoms with E-state index in [-0.39, 0.29) is 16.8 Å².